The van der Waals surface area contributed by atoms with E-state index in [2.05, 4.69) is 4.98 Å². The zero-order chi connectivity index (χ0) is 26.9. The van der Waals surface area contributed by atoms with Crippen LogP contribution in [0.1, 0.15) is 46.4 Å². The van der Waals surface area contributed by atoms with E-state index in [1.165, 1.54) is 12.1 Å². The van der Waals surface area contributed by atoms with Gasteiger partial charge in [-0.3, -0.25) is 14.5 Å². The van der Waals surface area contributed by atoms with Crippen molar-refractivity contribution >= 4 is 63.1 Å². The molecule has 0 radical (unpaired) electrons. The number of ether oxygens (including phenoxy) is 2. The first-order valence-corrected chi connectivity index (χ1v) is 12.9. The average molecular weight is 561 g/mol. The Kier molecular flexibility index (Phi) is 7.87. The fourth-order valence-corrected chi connectivity index (χ4v) is 5.22. The maximum absolute atomic E-state index is 13.3. The molecule has 1 unspecified atom stereocenters. The van der Waals surface area contributed by atoms with Crippen molar-refractivity contribution in [1.29, 1.82) is 0 Å². The van der Waals surface area contributed by atoms with Crippen LogP contribution in [0, 0.1) is 6.92 Å². The molecule has 1 N–H and O–H groups in total. The van der Waals surface area contributed by atoms with Gasteiger partial charge in [0, 0.05) is 5.56 Å². The smallest absolute Gasteiger partial charge is 0.350 e. The molecule has 192 valence electrons. The second-order valence-electron chi connectivity index (χ2n) is 7.93. The molecule has 1 amide bonds. The minimum absolute atomic E-state index is 0.101. The van der Waals surface area contributed by atoms with Crippen LogP contribution in [0.3, 0.4) is 0 Å². The Hall–Kier alpha value is -3.40. The SMILES string of the molecule is CCOC(=O)c1sc(N2C(=O)C(=O)/C(=C(/O)c3ccc(OCC)cc3)C2c2ccc(Cl)c(Cl)c2)nc1C. The minimum atomic E-state index is -1.08. The van der Waals surface area contributed by atoms with E-state index < -0.39 is 23.7 Å². The predicted octanol–water partition coefficient (Wildman–Crippen LogP) is 5.96. The van der Waals surface area contributed by atoms with E-state index >= 15 is 0 Å². The Labute approximate surface area is 227 Å². The predicted molar refractivity (Wildman–Crippen MR) is 142 cm³/mol. The topological polar surface area (TPSA) is 106 Å². The number of ketones is 1. The first kappa shape index (κ1) is 26.7. The number of hydrogen-bond acceptors (Lipinski definition) is 8. The van der Waals surface area contributed by atoms with Crippen molar-refractivity contribution in [2.75, 3.05) is 18.1 Å². The van der Waals surface area contributed by atoms with Gasteiger partial charge in [-0.1, -0.05) is 40.6 Å². The number of benzene rings is 2. The molecule has 1 aromatic heterocycles. The van der Waals surface area contributed by atoms with Gasteiger partial charge >= 0.3 is 11.9 Å². The lowest BCUT2D eigenvalue weighted by Gasteiger charge is -2.23. The third-order valence-corrected chi connectivity index (χ3v) is 7.47. The number of carbonyl (C=O) groups is 3. The molecule has 0 saturated carbocycles. The van der Waals surface area contributed by atoms with Gasteiger partial charge in [0.05, 0.1) is 40.6 Å². The standard InChI is InChI=1S/C26H22Cl2N2O6S/c1-4-35-16-9-6-14(7-10-16)21(31)19-20(15-8-11-17(27)18(28)12-15)30(24(33)22(19)32)26-29-13(3)23(37-26)25(34)36-5-2/h6-12,20,31H,4-5H2,1-3H3/b21-19+. The Morgan fingerprint density at radius 3 is 2.41 bits per heavy atom. The van der Waals surface area contributed by atoms with Crippen LogP contribution in [0.15, 0.2) is 48.0 Å². The molecule has 4 rings (SSSR count). The van der Waals surface area contributed by atoms with E-state index in [1.54, 1.807) is 44.2 Å². The highest BCUT2D eigenvalue weighted by Crippen LogP contribution is 2.45. The van der Waals surface area contributed by atoms with Gasteiger partial charge in [0.15, 0.2) is 5.13 Å². The van der Waals surface area contributed by atoms with Gasteiger partial charge in [-0.15, -0.1) is 0 Å². The molecule has 3 aromatic rings. The molecule has 8 nitrogen and oxygen atoms in total. The number of aliphatic hydroxyl groups excluding tert-OH is 1. The van der Waals surface area contributed by atoms with Crippen LogP contribution >= 0.6 is 34.5 Å². The highest BCUT2D eigenvalue weighted by atomic mass is 35.5. The lowest BCUT2D eigenvalue weighted by Crippen LogP contribution is -2.29. The summed E-state index contributed by atoms with van der Waals surface area (Å²) in [6.07, 6.45) is 0. The van der Waals surface area contributed by atoms with Gasteiger partial charge in [-0.05, 0) is 62.7 Å². The monoisotopic (exact) mass is 560 g/mol. The molecule has 11 heteroatoms. The maximum atomic E-state index is 13.3. The number of Topliss-reactive ketones (excluding diaryl/α,β-unsaturated/α-hetero) is 1. The van der Waals surface area contributed by atoms with E-state index in [9.17, 15) is 19.5 Å². The normalized spacial score (nSPS) is 16.8. The summed E-state index contributed by atoms with van der Waals surface area (Å²) >= 11 is 13.3. The summed E-state index contributed by atoms with van der Waals surface area (Å²) in [5, 5.41) is 11.8. The van der Waals surface area contributed by atoms with Crippen LogP contribution in [-0.2, 0) is 14.3 Å². The molecule has 1 saturated heterocycles. The van der Waals surface area contributed by atoms with Crippen molar-refractivity contribution in [2.24, 2.45) is 0 Å². The van der Waals surface area contributed by atoms with Gasteiger partial charge in [-0.2, -0.15) is 0 Å². The van der Waals surface area contributed by atoms with E-state index in [0.717, 1.165) is 16.2 Å². The van der Waals surface area contributed by atoms with Crippen molar-refractivity contribution in [1.82, 2.24) is 4.98 Å². The van der Waals surface area contributed by atoms with Crippen molar-refractivity contribution < 1.29 is 29.0 Å². The minimum Gasteiger partial charge on any atom is -0.507 e. The van der Waals surface area contributed by atoms with Gasteiger partial charge in [0.25, 0.3) is 5.78 Å². The number of nitrogens with zero attached hydrogens (tertiary/aromatic N) is 2. The second-order valence-corrected chi connectivity index (χ2v) is 9.72. The summed E-state index contributed by atoms with van der Waals surface area (Å²) in [5.41, 5.74) is 0.929. The van der Waals surface area contributed by atoms with E-state index in [1.807, 2.05) is 6.92 Å². The third kappa shape index (κ3) is 5.07. The summed E-state index contributed by atoms with van der Waals surface area (Å²) in [5.74, 6) is -2.19. The summed E-state index contributed by atoms with van der Waals surface area (Å²) in [6, 6.07) is 10.1. The average Bonchev–Trinajstić information content (AvgIpc) is 3.38. The van der Waals surface area contributed by atoms with Crippen LogP contribution in [0.2, 0.25) is 10.0 Å². The van der Waals surface area contributed by atoms with Gasteiger partial charge in [-0.25, -0.2) is 9.78 Å². The Bertz CT molecular complexity index is 1420. The molecule has 0 bridgehead atoms. The Balaban J connectivity index is 1.89. The number of halogens is 2. The molecular weight excluding hydrogens is 539 g/mol. The first-order valence-electron chi connectivity index (χ1n) is 11.3. The number of aliphatic hydroxyl groups is 1. The number of thiazole rings is 1. The van der Waals surface area contributed by atoms with Crippen molar-refractivity contribution in [3.05, 3.63) is 79.8 Å². The fourth-order valence-electron chi connectivity index (χ4n) is 3.93. The lowest BCUT2D eigenvalue weighted by atomic mass is 9.95. The maximum Gasteiger partial charge on any atom is 0.350 e. The van der Waals surface area contributed by atoms with E-state index in [4.69, 9.17) is 32.7 Å². The number of amides is 1. The van der Waals surface area contributed by atoms with Gasteiger partial charge in [0.2, 0.25) is 0 Å². The van der Waals surface area contributed by atoms with E-state index in [0.29, 0.717) is 29.2 Å². The molecule has 0 spiro atoms. The largest absolute Gasteiger partial charge is 0.507 e. The molecule has 1 atom stereocenters. The number of hydrogen-bond donors (Lipinski definition) is 1. The number of esters is 1. The Morgan fingerprint density at radius 1 is 1.08 bits per heavy atom. The summed E-state index contributed by atoms with van der Waals surface area (Å²) < 4.78 is 10.5. The van der Waals surface area contributed by atoms with Gasteiger partial charge < -0.3 is 14.6 Å². The summed E-state index contributed by atoms with van der Waals surface area (Å²) in [4.78, 5) is 44.8. The molecule has 1 fully saturated rings. The van der Waals surface area contributed by atoms with Crippen molar-refractivity contribution in [3.63, 3.8) is 0 Å². The van der Waals surface area contributed by atoms with Crippen LogP contribution in [0.5, 0.6) is 5.75 Å². The quantitative estimate of drug-likeness (QED) is 0.164. The number of rotatable bonds is 7. The van der Waals surface area contributed by atoms with Crippen molar-refractivity contribution in [2.45, 2.75) is 26.8 Å². The van der Waals surface area contributed by atoms with Crippen LogP contribution in [0.4, 0.5) is 5.13 Å². The van der Waals surface area contributed by atoms with Gasteiger partial charge in [0.1, 0.15) is 16.4 Å². The van der Waals surface area contributed by atoms with Crippen LogP contribution in [-0.4, -0.2) is 41.0 Å². The molecule has 1 aliphatic rings. The fraction of sp³-hybridized carbons (Fsp3) is 0.231. The highest BCUT2D eigenvalue weighted by molar-refractivity contribution is 7.17. The van der Waals surface area contributed by atoms with Crippen LogP contribution < -0.4 is 9.64 Å². The number of carbonyl (C=O) groups excluding carboxylic acids is 3. The Morgan fingerprint density at radius 2 is 1.78 bits per heavy atom. The zero-order valence-electron chi connectivity index (χ0n) is 20.1. The molecule has 1 aliphatic heterocycles. The second kappa shape index (κ2) is 10.9. The number of aromatic nitrogens is 1. The molecule has 2 aromatic carbocycles. The number of aryl methyl sites for hydroxylation is 1. The molecule has 2 heterocycles. The lowest BCUT2D eigenvalue weighted by molar-refractivity contribution is -0.132. The van der Waals surface area contributed by atoms with E-state index in [-0.39, 0.29) is 38.0 Å². The summed E-state index contributed by atoms with van der Waals surface area (Å²) in [7, 11) is 0. The third-order valence-electron chi connectivity index (χ3n) is 5.59. The first-order chi connectivity index (χ1) is 17.7. The summed E-state index contributed by atoms with van der Waals surface area (Å²) in [6.45, 7) is 5.77. The molecule has 0 aliphatic carbocycles. The highest BCUT2D eigenvalue weighted by Gasteiger charge is 2.48. The zero-order valence-corrected chi connectivity index (χ0v) is 22.4. The van der Waals surface area contributed by atoms with Crippen molar-refractivity contribution in [3.8, 4) is 5.75 Å². The molecular formula is C26H22Cl2N2O6S. The van der Waals surface area contributed by atoms with Crippen LogP contribution in [0.25, 0.3) is 5.76 Å². The molecule has 37 heavy (non-hydrogen) atoms. The number of anilines is 1.